The summed E-state index contributed by atoms with van der Waals surface area (Å²) in [5, 5.41) is 0. The molecule has 0 amide bonds. The Morgan fingerprint density at radius 1 is 1.38 bits per heavy atom. The van der Waals surface area contributed by atoms with Crippen LogP contribution in [0.5, 0.6) is 0 Å². The van der Waals surface area contributed by atoms with E-state index in [9.17, 15) is 9.59 Å². The van der Waals surface area contributed by atoms with Crippen LogP contribution in [0, 0.1) is 5.41 Å². The summed E-state index contributed by atoms with van der Waals surface area (Å²) in [7, 11) is 0. The van der Waals surface area contributed by atoms with Gasteiger partial charge in [-0.1, -0.05) is 13.8 Å². The van der Waals surface area contributed by atoms with Crippen molar-refractivity contribution in [2.75, 3.05) is 0 Å². The second kappa shape index (κ2) is 3.04. The third-order valence-corrected chi connectivity index (χ3v) is 4.10. The Morgan fingerprint density at radius 3 is 2.56 bits per heavy atom. The highest BCUT2D eigenvalue weighted by atomic mass is 16.6. The Morgan fingerprint density at radius 2 is 2.00 bits per heavy atom. The number of ether oxygens (including phenoxy) is 1. The number of fused-ring (bicyclic) bond motifs is 1. The van der Waals surface area contributed by atoms with Crippen LogP contribution in [0.2, 0.25) is 0 Å². The first-order chi connectivity index (χ1) is 7.25. The average molecular weight is 222 g/mol. The SMILES string of the molecule is CC(=O)/C=C\[C@]12O[C@@]1(C)C(=O)CCC2(C)C. The van der Waals surface area contributed by atoms with Crippen molar-refractivity contribution in [1.82, 2.24) is 0 Å². The molecule has 1 saturated carbocycles. The minimum Gasteiger partial charge on any atom is -0.349 e. The monoisotopic (exact) mass is 222 g/mol. The number of carbonyl (C=O) groups excluding carboxylic acids is 2. The summed E-state index contributed by atoms with van der Waals surface area (Å²) in [6.07, 6.45) is 4.68. The number of hydrogen-bond donors (Lipinski definition) is 0. The fourth-order valence-electron chi connectivity index (χ4n) is 2.85. The molecule has 1 saturated heterocycles. The Bertz CT molecular complexity index is 394. The van der Waals surface area contributed by atoms with Gasteiger partial charge in [0.15, 0.2) is 17.2 Å². The van der Waals surface area contributed by atoms with Gasteiger partial charge in [-0.3, -0.25) is 9.59 Å². The Balaban J connectivity index is 2.38. The van der Waals surface area contributed by atoms with Gasteiger partial charge in [-0.25, -0.2) is 0 Å². The summed E-state index contributed by atoms with van der Waals surface area (Å²) in [6.45, 7) is 7.52. The number of Topliss-reactive ketones (excluding diaryl/α,β-unsaturated/α-hetero) is 1. The van der Waals surface area contributed by atoms with Crippen LogP contribution >= 0.6 is 0 Å². The lowest BCUT2D eigenvalue weighted by molar-refractivity contribution is -0.125. The van der Waals surface area contributed by atoms with Crippen molar-refractivity contribution < 1.29 is 14.3 Å². The lowest BCUT2D eigenvalue weighted by Gasteiger charge is -2.35. The van der Waals surface area contributed by atoms with Crippen LogP contribution in [0.25, 0.3) is 0 Å². The molecule has 0 aromatic heterocycles. The van der Waals surface area contributed by atoms with Crippen LogP contribution in [0.4, 0.5) is 0 Å². The number of ketones is 2. The highest BCUT2D eigenvalue weighted by molar-refractivity contribution is 5.94. The third-order valence-electron chi connectivity index (χ3n) is 4.10. The summed E-state index contributed by atoms with van der Waals surface area (Å²) in [4.78, 5) is 22.9. The number of rotatable bonds is 2. The predicted molar refractivity (Wildman–Crippen MR) is 60.1 cm³/mol. The normalized spacial score (nSPS) is 40.9. The molecule has 1 aliphatic heterocycles. The van der Waals surface area contributed by atoms with Crippen LogP contribution < -0.4 is 0 Å². The van der Waals surface area contributed by atoms with Crippen LogP contribution in [0.3, 0.4) is 0 Å². The summed E-state index contributed by atoms with van der Waals surface area (Å²) in [5.41, 5.74) is -1.37. The molecular weight excluding hydrogens is 204 g/mol. The maximum atomic E-state index is 11.9. The molecule has 2 fully saturated rings. The van der Waals surface area contributed by atoms with Crippen LogP contribution in [0.1, 0.15) is 40.5 Å². The first-order valence-electron chi connectivity index (χ1n) is 5.68. The van der Waals surface area contributed by atoms with Gasteiger partial charge < -0.3 is 4.74 Å². The molecule has 16 heavy (non-hydrogen) atoms. The van der Waals surface area contributed by atoms with E-state index < -0.39 is 11.2 Å². The van der Waals surface area contributed by atoms with Crippen molar-refractivity contribution in [3.8, 4) is 0 Å². The fourth-order valence-corrected chi connectivity index (χ4v) is 2.85. The topological polar surface area (TPSA) is 46.7 Å². The molecule has 0 spiro atoms. The average Bonchev–Trinajstić information content (AvgIpc) is 2.81. The van der Waals surface area contributed by atoms with E-state index in [0.717, 1.165) is 6.42 Å². The zero-order valence-electron chi connectivity index (χ0n) is 10.3. The van der Waals surface area contributed by atoms with Gasteiger partial charge in [0, 0.05) is 11.8 Å². The summed E-state index contributed by atoms with van der Waals surface area (Å²) < 4.78 is 5.74. The predicted octanol–water partition coefficient (Wildman–Crippen LogP) is 2.05. The van der Waals surface area contributed by atoms with Gasteiger partial charge in [0.1, 0.15) is 5.60 Å². The smallest absolute Gasteiger partial charge is 0.167 e. The van der Waals surface area contributed by atoms with Gasteiger partial charge >= 0.3 is 0 Å². The van der Waals surface area contributed by atoms with Gasteiger partial charge in [-0.05, 0) is 32.4 Å². The molecule has 88 valence electrons. The van der Waals surface area contributed by atoms with Crippen molar-refractivity contribution in [3.63, 3.8) is 0 Å². The number of epoxide rings is 1. The van der Waals surface area contributed by atoms with E-state index in [-0.39, 0.29) is 17.0 Å². The fraction of sp³-hybridized carbons (Fsp3) is 0.692. The van der Waals surface area contributed by atoms with Gasteiger partial charge in [0.25, 0.3) is 0 Å². The minimum atomic E-state index is -0.708. The van der Waals surface area contributed by atoms with Crippen molar-refractivity contribution in [3.05, 3.63) is 12.2 Å². The van der Waals surface area contributed by atoms with Crippen LogP contribution in [-0.2, 0) is 14.3 Å². The van der Waals surface area contributed by atoms with E-state index in [1.165, 1.54) is 13.0 Å². The Kier molecular flexibility index (Phi) is 2.19. The lowest BCUT2D eigenvalue weighted by atomic mass is 9.63. The molecule has 0 bridgehead atoms. The second-order valence-corrected chi connectivity index (χ2v) is 5.62. The molecular formula is C13H18O3. The van der Waals surface area contributed by atoms with Crippen LogP contribution in [0.15, 0.2) is 12.2 Å². The van der Waals surface area contributed by atoms with Crippen molar-refractivity contribution in [2.24, 2.45) is 5.41 Å². The van der Waals surface area contributed by atoms with E-state index in [1.54, 1.807) is 6.08 Å². The standard InChI is InChI=1S/C13H18O3/c1-9(14)5-8-13-11(2,3)7-6-10(15)12(13,4)16-13/h5,8H,6-7H2,1-4H3/b8-5-/t12-,13+/m0/s1. The molecule has 0 aromatic rings. The molecule has 3 nitrogen and oxygen atoms in total. The summed E-state index contributed by atoms with van der Waals surface area (Å²) >= 11 is 0. The minimum absolute atomic E-state index is 0.0129. The molecule has 0 N–H and O–H groups in total. The molecule has 0 aromatic carbocycles. The van der Waals surface area contributed by atoms with E-state index >= 15 is 0 Å². The molecule has 3 heteroatoms. The summed E-state index contributed by atoms with van der Waals surface area (Å²) in [5.74, 6) is 0.140. The van der Waals surface area contributed by atoms with E-state index in [0.29, 0.717) is 6.42 Å². The van der Waals surface area contributed by atoms with E-state index in [4.69, 9.17) is 4.74 Å². The summed E-state index contributed by atoms with van der Waals surface area (Å²) in [6, 6.07) is 0. The number of carbonyl (C=O) groups is 2. The van der Waals surface area contributed by atoms with Crippen molar-refractivity contribution in [2.45, 2.75) is 51.7 Å². The molecule has 0 unspecified atom stereocenters. The molecule has 2 atom stereocenters. The Hall–Kier alpha value is -0.960. The largest absolute Gasteiger partial charge is 0.349 e. The Labute approximate surface area is 95.9 Å². The number of hydrogen-bond acceptors (Lipinski definition) is 3. The van der Waals surface area contributed by atoms with E-state index in [1.807, 2.05) is 6.92 Å². The number of allylic oxidation sites excluding steroid dienone is 1. The maximum Gasteiger partial charge on any atom is 0.167 e. The zero-order valence-corrected chi connectivity index (χ0v) is 10.3. The molecule has 1 aliphatic carbocycles. The molecule has 2 rings (SSSR count). The maximum absolute atomic E-state index is 11.9. The van der Waals surface area contributed by atoms with Crippen LogP contribution in [-0.4, -0.2) is 22.8 Å². The third kappa shape index (κ3) is 1.24. The first kappa shape index (κ1) is 11.5. The lowest BCUT2D eigenvalue weighted by Crippen LogP contribution is -2.46. The molecule has 1 heterocycles. The van der Waals surface area contributed by atoms with Crippen molar-refractivity contribution in [1.29, 1.82) is 0 Å². The van der Waals surface area contributed by atoms with E-state index in [2.05, 4.69) is 13.8 Å². The van der Waals surface area contributed by atoms with Crippen molar-refractivity contribution >= 4 is 11.6 Å². The second-order valence-electron chi connectivity index (χ2n) is 5.62. The van der Waals surface area contributed by atoms with Gasteiger partial charge in [0.05, 0.1) is 0 Å². The van der Waals surface area contributed by atoms with Gasteiger partial charge in [-0.2, -0.15) is 0 Å². The quantitative estimate of drug-likeness (QED) is 0.530. The molecule has 0 radical (unpaired) electrons. The van der Waals surface area contributed by atoms with Gasteiger partial charge in [-0.15, -0.1) is 0 Å². The first-order valence-corrected chi connectivity index (χ1v) is 5.68. The highest BCUT2D eigenvalue weighted by Gasteiger charge is 2.77. The highest BCUT2D eigenvalue weighted by Crippen LogP contribution is 2.64. The molecule has 2 aliphatic rings. The van der Waals surface area contributed by atoms with Gasteiger partial charge in [0.2, 0.25) is 0 Å². The zero-order chi connectivity index (χ0) is 12.2.